The second-order valence-electron chi connectivity index (χ2n) is 5.69. The molecule has 0 aliphatic heterocycles. The minimum atomic E-state index is 0.307. The summed E-state index contributed by atoms with van der Waals surface area (Å²) in [5.74, 6) is 0. The van der Waals surface area contributed by atoms with Crippen molar-refractivity contribution in [3.63, 3.8) is 0 Å². The molecule has 2 N–H and O–H groups in total. The van der Waals surface area contributed by atoms with Gasteiger partial charge in [-0.15, -0.1) is 11.8 Å². The number of nitrogens with two attached hydrogens (primary N) is 1. The second-order valence-corrected chi connectivity index (χ2v) is 7.34. The number of benzene rings is 1. The average molecular weight is 251 g/mol. The monoisotopic (exact) mass is 251 g/mol. The van der Waals surface area contributed by atoms with E-state index in [1.54, 1.807) is 0 Å². The highest BCUT2D eigenvalue weighted by Crippen LogP contribution is 2.27. The molecule has 1 rings (SSSR count). The van der Waals surface area contributed by atoms with Crippen LogP contribution in [-0.4, -0.2) is 11.8 Å². The van der Waals surface area contributed by atoms with Crippen molar-refractivity contribution in [2.75, 3.05) is 6.54 Å². The van der Waals surface area contributed by atoms with Gasteiger partial charge in [-0.3, -0.25) is 0 Å². The summed E-state index contributed by atoms with van der Waals surface area (Å²) in [5.41, 5.74) is 7.36. The van der Waals surface area contributed by atoms with Gasteiger partial charge in [0.2, 0.25) is 0 Å². The maximum Gasteiger partial charge on any atom is 0.00747 e. The van der Waals surface area contributed by atoms with Crippen LogP contribution in [0.25, 0.3) is 0 Å². The molecule has 96 valence electrons. The van der Waals surface area contributed by atoms with E-state index in [1.807, 2.05) is 11.8 Å². The quantitative estimate of drug-likeness (QED) is 0.770. The lowest BCUT2D eigenvalue weighted by molar-refractivity contribution is 0.339. The summed E-state index contributed by atoms with van der Waals surface area (Å²) in [6.07, 6.45) is 2.19. The van der Waals surface area contributed by atoms with Crippen LogP contribution in [0.1, 0.15) is 39.7 Å². The van der Waals surface area contributed by atoms with Gasteiger partial charge >= 0.3 is 0 Å². The van der Waals surface area contributed by atoms with E-state index in [-0.39, 0.29) is 0 Å². The first-order valence-electron chi connectivity index (χ1n) is 6.38. The number of hydrogen-bond donors (Lipinski definition) is 1. The third-order valence-corrected chi connectivity index (χ3v) is 3.81. The molecule has 2 heteroatoms. The van der Waals surface area contributed by atoms with Crippen molar-refractivity contribution in [3.8, 4) is 0 Å². The molecular formula is C15H25NS. The summed E-state index contributed by atoms with van der Waals surface area (Å²) >= 11 is 1.92. The number of thioether (sulfide) groups is 1. The maximum atomic E-state index is 5.64. The Hall–Kier alpha value is -0.470. The Bertz CT molecular complexity index is 327. The SMILES string of the molecule is CC(C)Sc1ccc(CC(C)(C)CCN)cc1. The van der Waals surface area contributed by atoms with Gasteiger partial charge in [0.05, 0.1) is 0 Å². The van der Waals surface area contributed by atoms with Crippen LogP contribution in [0.5, 0.6) is 0 Å². The Morgan fingerprint density at radius 1 is 1.18 bits per heavy atom. The average Bonchev–Trinajstić information content (AvgIpc) is 2.19. The van der Waals surface area contributed by atoms with Crippen molar-refractivity contribution in [2.24, 2.45) is 11.1 Å². The summed E-state index contributed by atoms with van der Waals surface area (Å²) in [6.45, 7) is 9.80. The van der Waals surface area contributed by atoms with Gasteiger partial charge in [0, 0.05) is 10.1 Å². The fourth-order valence-electron chi connectivity index (χ4n) is 1.99. The highest BCUT2D eigenvalue weighted by atomic mass is 32.2. The van der Waals surface area contributed by atoms with Crippen LogP contribution in [0.15, 0.2) is 29.2 Å². The fourth-order valence-corrected chi connectivity index (χ4v) is 2.83. The molecule has 0 aliphatic carbocycles. The summed E-state index contributed by atoms with van der Waals surface area (Å²) in [6, 6.07) is 8.98. The van der Waals surface area contributed by atoms with E-state index in [1.165, 1.54) is 10.5 Å². The molecule has 0 heterocycles. The minimum absolute atomic E-state index is 0.307. The molecular weight excluding hydrogens is 226 g/mol. The van der Waals surface area contributed by atoms with Gasteiger partial charge in [-0.1, -0.05) is 39.8 Å². The van der Waals surface area contributed by atoms with E-state index < -0.39 is 0 Å². The lowest BCUT2D eigenvalue weighted by Gasteiger charge is -2.24. The molecule has 0 spiro atoms. The van der Waals surface area contributed by atoms with E-state index >= 15 is 0 Å². The Kier molecular flexibility index (Phi) is 5.54. The highest BCUT2D eigenvalue weighted by Gasteiger charge is 2.17. The molecule has 0 radical (unpaired) electrons. The van der Waals surface area contributed by atoms with Gasteiger partial charge in [0.15, 0.2) is 0 Å². The van der Waals surface area contributed by atoms with Crippen molar-refractivity contribution < 1.29 is 0 Å². The van der Waals surface area contributed by atoms with Gasteiger partial charge in [0.25, 0.3) is 0 Å². The van der Waals surface area contributed by atoms with Gasteiger partial charge in [-0.05, 0) is 42.5 Å². The Balaban J connectivity index is 2.62. The minimum Gasteiger partial charge on any atom is -0.330 e. The van der Waals surface area contributed by atoms with Crippen LogP contribution >= 0.6 is 11.8 Å². The predicted molar refractivity (Wildman–Crippen MR) is 78.6 cm³/mol. The number of rotatable bonds is 6. The van der Waals surface area contributed by atoms with Crippen LogP contribution in [0.2, 0.25) is 0 Å². The molecule has 0 saturated carbocycles. The van der Waals surface area contributed by atoms with Crippen molar-refractivity contribution in [2.45, 2.75) is 50.7 Å². The molecule has 0 aliphatic rings. The summed E-state index contributed by atoms with van der Waals surface area (Å²) < 4.78 is 0. The van der Waals surface area contributed by atoms with Crippen molar-refractivity contribution >= 4 is 11.8 Å². The van der Waals surface area contributed by atoms with E-state index in [4.69, 9.17) is 5.73 Å². The van der Waals surface area contributed by atoms with Gasteiger partial charge in [0.1, 0.15) is 0 Å². The standard InChI is InChI=1S/C15H25NS/c1-12(2)17-14-7-5-13(6-8-14)11-15(3,4)9-10-16/h5-8,12H,9-11,16H2,1-4H3. The lowest BCUT2D eigenvalue weighted by Crippen LogP contribution is -2.19. The second kappa shape index (κ2) is 6.46. The molecule has 1 aromatic rings. The van der Waals surface area contributed by atoms with E-state index in [0.717, 1.165) is 19.4 Å². The van der Waals surface area contributed by atoms with E-state index in [2.05, 4.69) is 52.0 Å². The Morgan fingerprint density at radius 3 is 2.24 bits per heavy atom. The van der Waals surface area contributed by atoms with Crippen LogP contribution in [-0.2, 0) is 6.42 Å². The molecule has 0 atom stereocenters. The van der Waals surface area contributed by atoms with Crippen LogP contribution in [0, 0.1) is 5.41 Å². The predicted octanol–water partition coefficient (Wildman–Crippen LogP) is 4.10. The van der Waals surface area contributed by atoms with E-state index in [9.17, 15) is 0 Å². The zero-order valence-corrected chi connectivity index (χ0v) is 12.3. The fraction of sp³-hybridized carbons (Fsp3) is 0.600. The molecule has 0 unspecified atom stereocenters. The molecule has 1 nitrogen and oxygen atoms in total. The third kappa shape index (κ3) is 5.60. The normalized spacial score (nSPS) is 12.1. The Morgan fingerprint density at radius 2 is 1.76 bits per heavy atom. The molecule has 0 aromatic heterocycles. The Labute approximate surface area is 110 Å². The smallest absolute Gasteiger partial charge is 0.00747 e. The van der Waals surface area contributed by atoms with Gasteiger partial charge in [-0.25, -0.2) is 0 Å². The van der Waals surface area contributed by atoms with Crippen molar-refractivity contribution in [1.82, 2.24) is 0 Å². The maximum absolute atomic E-state index is 5.64. The molecule has 0 saturated heterocycles. The first kappa shape index (κ1) is 14.6. The molecule has 0 bridgehead atoms. The largest absolute Gasteiger partial charge is 0.330 e. The first-order valence-corrected chi connectivity index (χ1v) is 7.26. The van der Waals surface area contributed by atoms with Crippen LogP contribution < -0.4 is 5.73 Å². The summed E-state index contributed by atoms with van der Waals surface area (Å²) in [5, 5.41) is 0.648. The summed E-state index contributed by atoms with van der Waals surface area (Å²) in [7, 11) is 0. The molecule has 0 fully saturated rings. The molecule has 1 aromatic carbocycles. The molecule has 0 amide bonds. The highest BCUT2D eigenvalue weighted by molar-refractivity contribution is 7.99. The zero-order valence-electron chi connectivity index (χ0n) is 11.5. The molecule has 17 heavy (non-hydrogen) atoms. The topological polar surface area (TPSA) is 26.0 Å². The van der Waals surface area contributed by atoms with Gasteiger partial charge < -0.3 is 5.73 Å². The van der Waals surface area contributed by atoms with Crippen molar-refractivity contribution in [1.29, 1.82) is 0 Å². The lowest BCUT2D eigenvalue weighted by atomic mass is 9.83. The van der Waals surface area contributed by atoms with Crippen LogP contribution in [0.4, 0.5) is 0 Å². The van der Waals surface area contributed by atoms with E-state index in [0.29, 0.717) is 10.7 Å². The van der Waals surface area contributed by atoms with Crippen molar-refractivity contribution in [3.05, 3.63) is 29.8 Å². The third-order valence-electron chi connectivity index (χ3n) is 2.80. The first-order chi connectivity index (χ1) is 7.93. The number of hydrogen-bond acceptors (Lipinski definition) is 2. The zero-order chi connectivity index (χ0) is 12.9. The van der Waals surface area contributed by atoms with Crippen LogP contribution in [0.3, 0.4) is 0 Å². The van der Waals surface area contributed by atoms with Gasteiger partial charge in [-0.2, -0.15) is 0 Å². The summed E-state index contributed by atoms with van der Waals surface area (Å²) in [4.78, 5) is 1.36.